The molecule has 0 atom stereocenters. The van der Waals surface area contributed by atoms with Gasteiger partial charge < -0.3 is 10.4 Å². The summed E-state index contributed by atoms with van der Waals surface area (Å²) >= 11 is 0. The minimum Gasteiger partial charge on any atom is -0.478 e. The molecule has 0 aliphatic rings. The van der Waals surface area contributed by atoms with E-state index in [1.807, 2.05) is 66.9 Å². The summed E-state index contributed by atoms with van der Waals surface area (Å²) in [7, 11) is 0. The van der Waals surface area contributed by atoms with Crippen molar-refractivity contribution in [2.75, 3.05) is 5.32 Å². The molecule has 2 heterocycles. The van der Waals surface area contributed by atoms with Crippen molar-refractivity contribution in [3.63, 3.8) is 0 Å². The highest BCUT2D eigenvalue weighted by molar-refractivity contribution is 5.95. The number of pyridine rings is 1. The summed E-state index contributed by atoms with van der Waals surface area (Å²) in [6, 6.07) is 20.9. The predicted octanol–water partition coefficient (Wildman–Crippen LogP) is 4.38. The van der Waals surface area contributed by atoms with E-state index in [1.54, 1.807) is 4.68 Å². The number of nitrogens with one attached hydrogen (secondary N) is 1. The lowest BCUT2D eigenvalue weighted by molar-refractivity contribution is 0.0698. The van der Waals surface area contributed by atoms with Crippen LogP contribution in [0.5, 0.6) is 0 Å². The quantitative estimate of drug-likeness (QED) is 0.555. The molecule has 0 aliphatic heterocycles. The number of anilines is 2. The van der Waals surface area contributed by atoms with Gasteiger partial charge in [0.2, 0.25) is 0 Å². The molecule has 2 N–H and O–H groups in total. The smallest absolute Gasteiger partial charge is 0.337 e. The average molecular weight is 356 g/mol. The van der Waals surface area contributed by atoms with Crippen LogP contribution in [0.1, 0.15) is 10.4 Å². The Morgan fingerprint density at radius 1 is 0.926 bits per heavy atom. The lowest BCUT2D eigenvalue weighted by atomic mass is 10.1. The largest absolute Gasteiger partial charge is 0.478 e. The van der Waals surface area contributed by atoms with E-state index < -0.39 is 5.97 Å². The number of para-hydroxylation sites is 1. The molecule has 6 heteroatoms. The molecule has 0 amide bonds. The van der Waals surface area contributed by atoms with Gasteiger partial charge in [0.15, 0.2) is 0 Å². The monoisotopic (exact) mass is 356 g/mol. The van der Waals surface area contributed by atoms with Gasteiger partial charge in [0.25, 0.3) is 0 Å². The van der Waals surface area contributed by atoms with Crippen LogP contribution in [0.3, 0.4) is 0 Å². The summed E-state index contributed by atoms with van der Waals surface area (Å²) in [5, 5.41) is 17.3. The Bertz CT molecular complexity index is 1080. The molecule has 0 unspecified atom stereocenters. The molecule has 0 bridgehead atoms. The number of aromatic nitrogens is 3. The lowest BCUT2D eigenvalue weighted by Crippen LogP contribution is -2.03. The number of nitrogens with zero attached hydrogens (tertiary/aromatic N) is 3. The summed E-state index contributed by atoms with van der Waals surface area (Å²) in [5.74, 6) is -1.02. The third-order valence-electron chi connectivity index (χ3n) is 4.10. The van der Waals surface area contributed by atoms with E-state index in [0.29, 0.717) is 11.4 Å². The number of carboxylic acid groups (broad SMARTS) is 1. The molecule has 0 aliphatic carbocycles. The Morgan fingerprint density at radius 2 is 1.63 bits per heavy atom. The maximum absolute atomic E-state index is 11.5. The lowest BCUT2D eigenvalue weighted by Gasteiger charge is -2.08. The van der Waals surface area contributed by atoms with Crippen molar-refractivity contribution in [2.24, 2.45) is 0 Å². The molecular weight excluding hydrogens is 340 g/mol. The van der Waals surface area contributed by atoms with E-state index in [2.05, 4.69) is 10.3 Å². The minimum atomic E-state index is -1.02. The van der Waals surface area contributed by atoms with E-state index in [4.69, 9.17) is 5.10 Å². The number of carboxylic acids is 1. The van der Waals surface area contributed by atoms with Crippen molar-refractivity contribution < 1.29 is 9.90 Å². The van der Waals surface area contributed by atoms with Crippen LogP contribution in [0.25, 0.3) is 16.9 Å². The number of hydrogen-bond acceptors (Lipinski definition) is 4. The summed E-state index contributed by atoms with van der Waals surface area (Å²) < 4.78 is 1.77. The van der Waals surface area contributed by atoms with Gasteiger partial charge in [0.05, 0.1) is 35.0 Å². The van der Waals surface area contributed by atoms with E-state index in [0.717, 1.165) is 16.9 Å². The van der Waals surface area contributed by atoms with Crippen LogP contribution in [-0.4, -0.2) is 25.8 Å². The first-order valence-electron chi connectivity index (χ1n) is 8.37. The van der Waals surface area contributed by atoms with Crippen molar-refractivity contribution in [1.29, 1.82) is 0 Å². The summed E-state index contributed by atoms with van der Waals surface area (Å²) in [6.07, 6.45) is 4.80. The standard InChI is InChI=1S/C21H16N4O2/c26-21(27)17-11-12-22-13-18(17)23-19-14-25(16-9-5-2-6-10-16)24-20(19)15-7-3-1-4-8-15/h1-14,23H,(H,26,27). The zero-order valence-electron chi connectivity index (χ0n) is 14.3. The van der Waals surface area contributed by atoms with Gasteiger partial charge in [-0.3, -0.25) is 4.98 Å². The summed E-state index contributed by atoms with van der Waals surface area (Å²) in [5.41, 5.74) is 3.81. The number of benzene rings is 2. The second-order valence-electron chi connectivity index (χ2n) is 5.89. The van der Waals surface area contributed by atoms with Gasteiger partial charge in [0, 0.05) is 11.8 Å². The Balaban J connectivity index is 1.82. The van der Waals surface area contributed by atoms with Crippen LogP contribution in [0, 0.1) is 0 Å². The first kappa shape index (κ1) is 16.5. The van der Waals surface area contributed by atoms with E-state index in [-0.39, 0.29) is 5.56 Å². The first-order chi connectivity index (χ1) is 13.2. The predicted molar refractivity (Wildman–Crippen MR) is 103 cm³/mol. The number of carbonyl (C=O) groups is 1. The van der Waals surface area contributed by atoms with Crippen molar-refractivity contribution in [3.05, 3.63) is 90.9 Å². The Morgan fingerprint density at radius 3 is 2.33 bits per heavy atom. The topological polar surface area (TPSA) is 80.0 Å². The summed E-state index contributed by atoms with van der Waals surface area (Å²) in [4.78, 5) is 15.5. The van der Waals surface area contributed by atoms with E-state index in [9.17, 15) is 9.90 Å². The number of hydrogen-bond donors (Lipinski definition) is 2. The maximum Gasteiger partial charge on any atom is 0.337 e. The number of aromatic carboxylic acids is 1. The second-order valence-corrected chi connectivity index (χ2v) is 5.89. The van der Waals surface area contributed by atoms with Gasteiger partial charge >= 0.3 is 5.97 Å². The molecule has 0 saturated carbocycles. The third kappa shape index (κ3) is 3.41. The molecule has 4 rings (SSSR count). The highest BCUT2D eigenvalue weighted by atomic mass is 16.4. The molecule has 27 heavy (non-hydrogen) atoms. The van der Waals surface area contributed by atoms with Crippen LogP contribution >= 0.6 is 0 Å². The van der Waals surface area contributed by atoms with Crippen LogP contribution in [0.4, 0.5) is 11.4 Å². The summed E-state index contributed by atoms with van der Waals surface area (Å²) in [6.45, 7) is 0. The fourth-order valence-electron chi connectivity index (χ4n) is 2.81. The molecule has 2 aromatic heterocycles. The second kappa shape index (κ2) is 7.13. The zero-order chi connectivity index (χ0) is 18.6. The Labute approximate surface area is 155 Å². The van der Waals surface area contributed by atoms with Crippen LogP contribution in [0.15, 0.2) is 85.3 Å². The minimum absolute atomic E-state index is 0.150. The van der Waals surface area contributed by atoms with E-state index in [1.165, 1.54) is 18.5 Å². The van der Waals surface area contributed by atoms with Gasteiger partial charge in [-0.1, -0.05) is 48.5 Å². The average Bonchev–Trinajstić information content (AvgIpc) is 3.13. The first-order valence-corrected chi connectivity index (χ1v) is 8.37. The molecular formula is C21H16N4O2. The van der Waals surface area contributed by atoms with Crippen molar-refractivity contribution in [3.8, 4) is 16.9 Å². The molecule has 2 aromatic carbocycles. The maximum atomic E-state index is 11.5. The van der Waals surface area contributed by atoms with Gasteiger partial charge in [-0.05, 0) is 18.2 Å². The van der Waals surface area contributed by atoms with Crippen molar-refractivity contribution >= 4 is 17.3 Å². The SMILES string of the molecule is O=C(O)c1ccncc1Nc1cn(-c2ccccc2)nc1-c1ccccc1. The molecule has 4 aromatic rings. The molecule has 0 radical (unpaired) electrons. The number of rotatable bonds is 5. The van der Waals surface area contributed by atoms with Crippen LogP contribution in [0.2, 0.25) is 0 Å². The highest BCUT2D eigenvalue weighted by Gasteiger charge is 2.16. The molecule has 0 fully saturated rings. The van der Waals surface area contributed by atoms with Gasteiger partial charge in [-0.2, -0.15) is 5.10 Å². The fourth-order valence-corrected chi connectivity index (χ4v) is 2.81. The van der Waals surface area contributed by atoms with Crippen LogP contribution in [-0.2, 0) is 0 Å². The van der Waals surface area contributed by atoms with Crippen molar-refractivity contribution in [1.82, 2.24) is 14.8 Å². The van der Waals surface area contributed by atoms with E-state index >= 15 is 0 Å². The van der Waals surface area contributed by atoms with Crippen LogP contribution < -0.4 is 5.32 Å². The normalized spacial score (nSPS) is 10.5. The highest BCUT2D eigenvalue weighted by Crippen LogP contribution is 2.31. The molecule has 6 nitrogen and oxygen atoms in total. The molecule has 0 spiro atoms. The zero-order valence-corrected chi connectivity index (χ0v) is 14.3. The molecule has 0 saturated heterocycles. The third-order valence-corrected chi connectivity index (χ3v) is 4.10. The fraction of sp³-hybridized carbons (Fsp3) is 0. The Hall–Kier alpha value is -3.93. The molecule has 132 valence electrons. The van der Waals surface area contributed by atoms with Gasteiger partial charge in [-0.25, -0.2) is 9.48 Å². The van der Waals surface area contributed by atoms with Gasteiger partial charge in [-0.15, -0.1) is 0 Å². The Kier molecular flexibility index (Phi) is 4.37. The van der Waals surface area contributed by atoms with Gasteiger partial charge in [0.1, 0.15) is 5.69 Å². The van der Waals surface area contributed by atoms with Crippen molar-refractivity contribution in [2.45, 2.75) is 0 Å².